The minimum Gasteiger partial charge on any atom is -0.467 e. The Labute approximate surface area is 192 Å². The van der Waals surface area contributed by atoms with Crippen LogP contribution in [0.15, 0.2) is 77.4 Å². The van der Waals surface area contributed by atoms with Gasteiger partial charge in [-0.3, -0.25) is 9.59 Å². The smallest absolute Gasteiger partial charge is 0.416 e. The van der Waals surface area contributed by atoms with E-state index in [0.717, 1.165) is 23.0 Å². The van der Waals surface area contributed by atoms with Gasteiger partial charge in [0.05, 0.1) is 24.9 Å². The van der Waals surface area contributed by atoms with Crippen molar-refractivity contribution >= 4 is 22.7 Å². The Morgan fingerprint density at radius 1 is 1.06 bits per heavy atom. The first kappa shape index (κ1) is 21.8. The second kappa shape index (κ2) is 8.40. The number of hydrogen-bond donors (Lipinski definition) is 1. The largest absolute Gasteiger partial charge is 0.467 e. The van der Waals surface area contributed by atoms with Gasteiger partial charge < -0.3 is 19.2 Å². The summed E-state index contributed by atoms with van der Waals surface area (Å²) in [4.78, 5) is 28.1. The molecule has 4 aromatic rings. The molecule has 1 atom stereocenters. The van der Waals surface area contributed by atoms with Crippen molar-refractivity contribution in [1.82, 2.24) is 14.8 Å². The van der Waals surface area contributed by atoms with Crippen molar-refractivity contribution in [2.75, 3.05) is 0 Å². The lowest BCUT2D eigenvalue weighted by Gasteiger charge is -2.36. The number of para-hydroxylation sites is 1. The van der Waals surface area contributed by atoms with E-state index in [1.54, 1.807) is 18.2 Å². The summed E-state index contributed by atoms with van der Waals surface area (Å²) in [7, 11) is 0. The quantitative estimate of drug-likeness (QED) is 0.467. The summed E-state index contributed by atoms with van der Waals surface area (Å²) in [5.41, 5.74) is 0.996. The van der Waals surface area contributed by atoms with E-state index >= 15 is 0 Å². The second-order valence-corrected chi connectivity index (χ2v) is 8.14. The lowest BCUT2D eigenvalue weighted by atomic mass is 10.1. The summed E-state index contributed by atoms with van der Waals surface area (Å²) in [6, 6.07) is 16.5. The summed E-state index contributed by atoms with van der Waals surface area (Å²) < 4.78 is 45.9. The van der Waals surface area contributed by atoms with Crippen LogP contribution in [-0.2, 0) is 30.6 Å². The molecule has 174 valence electrons. The Bertz CT molecular complexity index is 1340. The van der Waals surface area contributed by atoms with E-state index in [0.29, 0.717) is 17.0 Å². The number of alkyl halides is 3. The van der Waals surface area contributed by atoms with Gasteiger partial charge in [-0.2, -0.15) is 13.2 Å². The first-order chi connectivity index (χ1) is 16.3. The van der Waals surface area contributed by atoms with Crippen LogP contribution in [0.1, 0.15) is 27.4 Å². The van der Waals surface area contributed by atoms with E-state index in [-0.39, 0.29) is 31.4 Å². The summed E-state index contributed by atoms with van der Waals surface area (Å²) in [6.07, 6.45) is -2.95. The average Bonchev–Trinajstić information content (AvgIpc) is 3.47. The number of furan rings is 1. The summed E-state index contributed by atoms with van der Waals surface area (Å²) >= 11 is 0. The van der Waals surface area contributed by atoms with Gasteiger partial charge in [-0.05, 0) is 42.0 Å². The van der Waals surface area contributed by atoms with Crippen molar-refractivity contribution in [2.45, 2.75) is 31.9 Å². The maximum Gasteiger partial charge on any atom is 0.416 e. The third kappa shape index (κ3) is 4.05. The van der Waals surface area contributed by atoms with E-state index in [9.17, 15) is 22.8 Å². The van der Waals surface area contributed by atoms with Crippen LogP contribution in [0.2, 0.25) is 0 Å². The molecular weight excluding hydrogens is 447 g/mol. The number of carbonyl (C=O) groups excluding carboxylic acids is 2. The van der Waals surface area contributed by atoms with Gasteiger partial charge in [-0.15, -0.1) is 0 Å². The van der Waals surface area contributed by atoms with Crippen molar-refractivity contribution < 1.29 is 27.2 Å². The van der Waals surface area contributed by atoms with Crippen LogP contribution in [0.3, 0.4) is 0 Å². The lowest BCUT2D eigenvalue weighted by molar-refractivity contribution is -0.137. The van der Waals surface area contributed by atoms with E-state index in [1.807, 2.05) is 28.8 Å². The Hall–Kier alpha value is -4.01. The third-order valence-electron chi connectivity index (χ3n) is 5.98. The van der Waals surface area contributed by atoms with Crippen LogP contribution in [0, 0.1) is 0 Å². The molecule has 34 heavy (non-hydrogen) atoms. The second-order valence-electron chi connectivity index (χ2n) is 8.14. The molecule has 0 radical (unpaired) electrons. The number of rotatable bonds is 5. The monoisotopic (exact) mass is 467 g/mol. The van der Waals surface area contributed by atoms with Crippen molar-refractivity contribution in [2.24, 2.45) is 0 Å². The summed E-state index contributed by atoms with van der Waals surface area (Å²) in [5.74, 6) is -0.169. The first-order valence-electron chi connectivity index (χ1n) is 10.7. The highest BCUT2D eigenvalue weighted by molar-refractivity contribution is 6.02. The van der Waals surface area contributed by atoms with Crippen LogP contribution in [0.5, 0.6) is 0 Å². The minimum absolute atomic E-state index is 0.00264. The highest BCUT2D eigenvalue weighted by Gasteiger charge is 2.38. The number of aromatic nitrogens is 1. The number of hydrogen-bond acceptors (Lipinski definition) is 3. The van der Waals surface area contributed by atoms with Crippen LogP contribution < -0.4 is 5.32 Å². The molecule has 0 bridgehead atoms. The summed E-state index contributed by atoms with van der Waals surface area (Å²) in [6.45, 7) is 0.375. The first-order valence-corrected chi connectivity index (χ1v) is 10.7. The molecule has 0 aliphatic carbocycles. The predicted molar refractivity (Wildman–Crippen MR) is 118 cm³/mol. The fraction of sp³-hybridized carbons (Fsp3) is 0.200. The molecule has 6 nitrogen and oxygen atoms in total. The molecule has 0 spiro atoms. The molecule has 3 heterocycles. The van der Waals surface area contributed by atoms with E-state index < -0.39 is 17.8 Å². The molecule has 1 aliphatic rings. The zero-order valence-electron chi connectivity index (χ0n) is 17.9. The number of benzene rings is 2. The average molecular weight is 467 g/mol. The number of halogens is 3. The van der Waals surface area contributed by atoms with Crippen molar-refractivity contribution in [3.63, 3.8) is 0 Å². The van der Waals surface area contributed by atoms with Gasteiger partial charge in [0.1, 0.15) is 17.5 Å². The number of carbonyl (C=O) groups is 2. The fourth-order valence-electron chi connectivity index (χ4n) is 4.25. The van der Waals surface area contributed by atoms with Gasteiger partial charge in [-0.1, -0.05) is 30.3 Å². The molecule has 0 unspecified atom stereocenters. The highest BCUT2D eigenvalue weighted by atomic mass is 19.4. The van der Waals surface area contributed by atoms with Crippen LogP contribution in [-0.4, -0.2) is 27.3 Å². The Morgan fingerprint density at radius 3 is 2.53 bits per heavy atom. The maximum absolute atomic E-state index is 13.5. The molecule has 9 heteroatoms. The molecule has 0 saturated carbocycles. The summed E-state index contributed by atoms with van der Waals surface area (Å²) in [5, 5.41) is 3.67. The van der Waals surface area contributed by atoms with E-state index in [2.05, 4.69) is 5.32 Å². The van der Waals surface area contributed by atoms with Gasteiger partial charge in [0.25, 0.3) is 5.91 Å². The van der Waals surface area contributed by atoms with Crippen molar-refractivity contribution in [1.29, 1.82) is 0 Å². The zero-order valence-corrected chi connectivity index (χ0v) is 17.9. The number of nitrogens with zero attached hydrogens (tertiary/aromatic N) is 2. The predicted octanol–water partition coefficient (Wildman–Crippen LogP) is 4.59. The minimum atomic E-state index is -4.45. The number of amides is 2. The van der Waals surface area contributed by atoms with Crippen LogP contribution >= 0.6 is 0 Å². The highest BCUT2D eigenvalue weighted by Crippen LogP contribution is 2.31. The molecule has 0 saturated heterocycles. The molecular formula is C25H20F3N3O3. The molecule has 1 aliphatic heterocycles. The van der Waals surface area contributed by atoms with Crippen LogP contribution in [0.25, 0.3) is 10.9 Å². The molecule has 0 fully saturated rings. The van der Waals surface area contributed by atoms with Crippen molar-refractivity contribution in [3.8, 4) is 0 Å². The zero-order chi connectivity index (χ0) is 23.9. The van der Waals surface area contributed by atoms with Crippen molar-refractivity contribution in [3.05, 3.63) is 95.6 Å². The molecule has 2 aromatic heterocycles. The molecule has 5 rings (SSSR count). The fourth-order valence-corrected chi connectivity index (χ4v) is 4.25. The molecule has 2 amide bonds. The van der Waals surface area contributed by atoms with E-state index in [4.69, 9.17) is 4.42 Å². The SMILES string of the molecule is O=C(NCc1ccco1)[C@@H]1Cn2c(cc3ccccc32)C(=O)N1Cc1ccc(C(F)(F)F)cc1. The van der Waals surface area contributed by atoms with Gasteiger partial charge in [-0.25, -0.2) is 0 Å². The van der Waals surface area contributed by atoms with Gasteiger partial charge in [0, 0.05) is 17.4 Å². The van der Waals surface area contributed by atoms with Gasteiger partial charge in [0.15, 0.2) is 0 Å². The van der Waals surface area contributed by atoms with Crippen LogP contribution in [0.4, 0.5) is 13.2 Å². The van der Waals surface area contributed by atoms with Gasteiger partial charge in [0.2, 0.25) is 5.91 Å². The number of nitrogens with one attached hydrogen (secondary N) is 1. The molecule has 2 aromatic carbocycles. The Balaban J connectivity index is 1.46. The molecule has 1 N–H and O–H groups in total. The van der Waals surface area contributed by atoms with E-state index in [1.165, 1.54) is 23.3 Å². The third-order valence-corrected chi connectivity index (χ3v) is 5.98. The normalized spacial score (nSPS) is 16.0. The Morgan fingerprint density at radius 2 is 1.82 bits per heavy atom. The standard InChI is InChI=1S/C25H20F3N3O3/c26-25(27,28)18-9-7-16(8-10-18)14-31-22(23(32)29-13-19-5-3-11-34-19)15-30-20-6-2-1-4-17(20)12-21(30)24(31)33/h1-12,22H,13-15H2,(H,29,32)/t22-/m0/s1. The lowest BCUT2D eigenvalue weighted by Crippen LogP contribution is -2.54. The van der Waals surface area contributed by atoms with Gasteiger partial charge >= 0.3 is 6.18 Å². The number of fused-ring (bicyclic) bond motifs is 3. The maximum atomic E-state index is 13.5. The topological polar surface area (TPSA) is 67.5 Å². The Kier molecular flexibility index (Phi) is 5.39.